The van der Waals surface area contributed by atoms with Crippen LogP contribution in [0.4, 0.5) is 0 Å². The van der Waals surface area contributed by atoms with Crippen LogP contribution in [-0.4, -0.2) is 37.0 Å². The van der Waals surface area contributed by atoms with Crippen molar-refractivity contribution >= 4 is 11.8 Å². The fourth-order valence-corrected chi connectivity index (χ4v) is 2.56. The van der Waals surface area contributed by atoms with Crippen molar-refractivity contribution in [2.45, 2.75) is 38.8 Å². The minimum atomic E-state index is -0.513. The Morgan fingerprint density at radius 1 is 1.26 bits per heavy atom. The highest BCUT2D eigenvalue weighted by atomic mass is 16.2. The van der Waals surface area contributed by atoms with Gasteiger partial charge in [0.15, 0.2) is 0 Å². The first-order chi connectivity index (χ1) is 11.1. The molecule has 0 aliphatic carbocycles. The summed E-state index contributed by atoms with van der Waals surface area (Å²) in [6, 6.07) is 9.26. The van der Waals surface area contributed by atoms with E-state index in [2.05, 4.69) is 21.5 Å². The highest BCUT2D eigenvalue weighted by Gasteiger charge is 2.25. The minimum Gasteiger partial charge on any atom is -0.353 e. The standard InChI is InChI=1S/C17H26N4O2/c1-12(2)16(17(23)18-11-14-8-9-19-21-14)20-15(22)10-13-6-4-3-5-7-13/h3-7,12,14,16,19,21H,8-11H2,1-2H3,(H,18,23)(H,20,22). The zero-order chi connectivity index (χ0) is 16.7. The van der Waals surface area contributed by atoms with Gasteiger partial charge in [0, 0.05) is 19.1 Å². The number of amides is 2. The number of hydrogen-bond donors (Lipinski definition) is 4. The maximum absolute atomic E-state index is 12.4. The van der Waals surface area contributed by atoms with Crippen molar-refractivity contribution in [3.63, 3.8) is 0 Å². The Morgan fingerprint density at radius 2 is 2.00 bits per heavy atom. The third-order valence-electron chi connectivity index (χ3n) is 3.92. The van der Waals surface area contributed by atoms with Crippen LogP contribution in [0.2, 0.25) is 0 Å². The quantitative estimate of drug-likeness (QED) is 0.585. The molecule has 1 aliphatic rings. The predicted molar refractivity (Wildman–Crippen MR) is 89.5 cm³/mol. The Bertz CT molecular complexity index is 513. The van der Waals surface area contributed by atoms with E-state index < -0.39 is 6.04 Å². The van der Waals surface area contributed by atoms with E-state index >= 15 is 0 Å². The molecule has 1 aromatic rings. The van der Waals surface area contributed by atoms with Crippen LogP contribution in [0.1, 0.15) is 25.8 Å². The number of carbonyl (C=O) groups is 2. The topological polar surface area (TPSA) is 82.3 Å². The van der Waals surface area contributed by atoms with Crippen LogP contribution in [0.25, 0.3) is 0 Å². The molecule has 1 aromatic carbocycles. The van der Waals surface area contributed by atoms with Gasteiger partial charge in [-0.25, -0.2) is 0 Å². The first-order valence-corrected chi connectivity index (χ1v) is 8.15. The van der Waals surface area contributed by atoms with Crippen molar-refractivity contribution in [3.8, 4) is 0 Å². The van der Waals surface area contributed by atoms with E-state index in [4.69, 9.17) is 0 Å². The molecule has 0 spiro atoms. The molecule has 126 valence electrons. The Morgan fingerprint density at radius 3 is 2.61 bits per heavy atom. The Labute approximate surface area is 137 Å². The van der Waals surface area contributed by atoms with E-state index in [9.17, 15) is 9.59 Å². The van der Waals surface area contributed by atoms with Crippen molar-refractivity contribution < 1.29 is 9.59 Å². The highest BCUT2D eigenvalue weighted by Crippen LogP contribution is 2.05. The minimum absolute atomic E-state index is 0.0318. The summed E-state index contributed by atoms with van der Waals surface area (Å²) in [7, 11) is 0. The first kappa shape index (κ1) is 17.4. The van der Waals surface area contributed by atoms with E-state index in [1.54, 1.807) is 0 Å². The van der Waals surface area contributed by atoms with Gasteiger partial charge in [-0.3, -0.25) is 20.4 Å². The Kier molecular flexibility index (Phi) is 6.55. The lowest BCUT2D eigenvalue weighted by atomic mass is 10.0. The lowest BCUT2D eigenvalue weighted by molar-refractivity contribution is -0.129. The molecule has 2 unspecified atom stereocenters. The van der Waals surface area contributed by atoms with Gasteiger partial charge in [-0.1, -0.05) is 44.2 Å². The molecule has 0 radical (unpaired) electrons. The fraction of sp³-hybridized carbons (Fsp3) is 0.529. The number of nitrogens with one attached hydrogen (secondary N) is 4. The molecule has 2 amide bonds. The van der Waals surface area contributed by atoms with E-state index in [1.807, 2.05) is 44.2 Å². The number of rotatable bonds is 7. The maximum atomic E-state index is 12.4. The van der Waals surface area contributed by atoms with Gasteiger partial charge in [-0.05, 0) is 17.9 Å². The molecule has 1 saturated heterocycles. The molecule has 2 atom stereocenters. The lowest BCUT2D eigenvalue weighted by Crippen LogP contribution is -2.52. The summed E-state index contributed by atoms with van der Waals surface area (Å²) in [5, 5.41) is 5.77. The molecule has 1 heterocycles. The third kappa shape index (κ3) is 5.65. The van der Waals surface area contributed by atoms with Gasteiger partial charge in [0.25, 0.3) is 0 Å². The molecule has 6 nitrogen and oxygen atoms in total. The van der Waals surface area contributed by atoms with Crippen molar-refractivity contribution in [2.75, 3.05) is 13.1 Å². The van der Waals surface area contributed by atoms with Gasteiger partial charge < -0.3 is 10.6 Å². The monoisotopic (exact) mass is 318 g/mol. The van der Waals surface area contributed by atoms with E-state index in [0.29, 0.717) is 6.54 Å². The van der Waals surface area contributed by atoms with Crippen molar-refractivity contribution in [3.05, 3.63) is 35.9 Å². The molecule has 2 rings (SSSR count). The Hall–Kier alpha value is -1.92. The van der Waals surface area contributed by atoms with Crippen LogP contribution in [0, 0.1) is 5.92 Å². The number of benzene rings is 1. The van der Waals surface area contributed by atoms with Crippen molar-refractivity contribution in [1.29, 1.82) is 0 Å². The zero-order valence-electron chi connectivity index (χ0n) is 13.8. The zero-order valence-corrected chi connectivity index (χ0v) is 13.8. The predicted octanol–water partition coefficient (Wildman–Crippen LogP) is 0.353. The molecule has 1 aliphatic heterocycles. The molecule has 4 N–H and O–H groups in total. The SMILES string of the molecule is CC(C)C(NC(=O)Cc1ccccc1)C(=O)NCC1CCNN1. The Balaban J connectivity index is 1.84. The highest BCUT2D eigenvalue weighted by molar-refractivity contribution is 5.88. The number of hydrazine groups is 1. The normalized spacial score (nSPS) is 18.7. The summed E-state index contributed by atoms with van der Waals surface area (Å²) >= 11 is 0. The van der Waals surface area contributed by atoms with E-state index in [0.717, 1.165) is 18.5 Å². The summed E-state index contributed by atoms with van der Waals surface area (Å²) in [5.41, 5.74) is 7.08. The van der Waals surface area contributed by atoms with Crippen LogP contribution in [0.3, 0.4) is 0 Å². The van der Waals surface area contributed by atoms with Gasteiger partial charge in [-0.2, -0.15) is 0 Å². The number of carbonyl (C=O) groups excluding carboxylic acids is 2. The van der Waals surface area contributed by atoms with Crippen LogP contribution in [0.15, 0.2) is 30.3 Å². The van der Waals surface area contributed by atoms with Crippen LogP contribution in [0.5, 0.6) is 0 Å². The van der Waals surface area contributed by atoms with Gasteiger partial charge in [0.05, 0.1) is 6.42 Å². The van der Waals surface area contributed by atoms with Crippen LogP contribution >= 0.6 is 0 Å². The lowest BCUT2D eigenvalue weighted by Gasteiger charge is -2.22. The summed E-state index contributed by atoms with van der Waals surface area (Å²) in [6.07, 6.45) is 1.26. The summed E-state index contributed by atoms with van der Waals surface area (Å²) in [5.74, 6) is -0.231. The van der Waals surface area contributed by atoms with Crippen LogP contribution < -0.4 is 21.5 Å². The number of hydrogen-bond acceptors (Lipinski definition) is 4. The average Bonchev–Trinajstić information content (AvgIpc) is 3.04. The second kappa shape index (κ2) is 8.64. The largest absolute Gasteiger partial charge is 0.353 e. The molecule has 1 fully saturated rings. The first-order valence-electron chi connectivity index (χ1n) is 8.15. The summed E-state index contributed by atoms with van der Waals surface area (Å²) in [6.45, 7) is 5.33. The van der Waals surface area contributed by atoms with Gasteiger partial charge in [-0.15, -0.1) is 0 Å². The molecule has 0 saturated carbocycles. The van der Waals surface area contributed by atoms with E-state index in [1.165, 1.54) is 0 Å². The summed E-state index contributed by atoms with van der Waals surface area (Å²) in [4.78, 5) is 24.5. The molecular weight excluding hydrogens is 292 g/mol. The van der Waals surface area contributed by atoms with Crippen LogP contribution in [-0.2, 0) is 16.0 Å². The second-order valence-corrected chi connectivity index (χ2v) is 6.25. The third-order valence-corrected chi connectivity index (χ3v) is 3.92. The summed E-state index contributed by atoms with van der Waals surface area (Å²) < 4.78 is 0. The van der Waals surface area contributed by atoms with E-state index in [-0.39, 0.29) is 30.2 Å². The van der Waals surface area contributed by atoms with Gasteiger partial charge in [0.1, 0.15) is 6.04 Å². The second-order valence-electron chi connectivity index (χ2n) is 6.25. The molecule has 0 bridgehead atoms. The fourth-order valence-electron chi connectivity index (χ4n) is 2.56. The van der Waals surface area contributed by atoms with Gasteiger partial charge >= 0.3 is 0 Å². The molecular formula is C17H26N4O2. The van der Waals surface area contributed by atoms with Crippen molar-refractivity contribution in [2.24, 2.45) is 5.92 Å². The van der Waals surface area contributed by atoms with Crippen molar-refractivity contribution in [1.82, 2.24) is 21.5 Å². The maximum Gasteiger partial charge on any atom is 0.242 e. The smallest absolute Gasteiger partial charge is 0.242 e. The average molecular weight is 318 g/mol. The van der Waals surface area contributed by atoms with Gasteiger partial charge in [0.2, 0.25) is 11.8 Å². The molecule has 0 aromatic heterocycles. The molecule has 23 heavy (non-hydrogen) atoms. The molecule has 6 heteroatoms.